The lowest BCUT2D eigenvalue weighted by Crippen LogP contribution is -2.50. The number of hydrogen-bond acceptors (Lipinski definition) is 6. The molecule has 48 heavy (non-hydrogen) atoms. The molecule has 11 heteroatoms. The van der Waals surface area contributed by atoms with Crippen LogP contribution in [0, 0.1) is 5.92 Å². The maximum atomic E-state index is 13.0. The summed E-state index contributed by atoms with van der Waals surface area (Å²) in [6.07, 6.45) is -3.58. The fourth-order valence-corrected chi connectivity index (χ4v) is 6.38. The molecular formula is C37H42F3N3O5. The number of alkyl halides is 3. The summed E-state index contributed by atoms with van der Waals surface area (Å²) in [6, 6.07) is 22.1. The van der Waals surface area contributed by atoms with Gasteiger partial charge in [-0.25, -0.2) is 0 Å². The second-order valence-electron chi connectivity index (χ2n) is 12.5. The zero-order valence-corrected chi connectivity index (χ0v) is 27.2. The Morgan fingerprint density at radius 1 is 1.02 bits per heavy atom. The van der Waals surface area contributed by atoms with Crippen molar-refractivity contribution in [2.75, 3.05) is 26.7 Å². The summed E-state index contributed by atoms with van der Waals surface area (Å²) in [6.45, 7) is 7.38. The summed E-state index contributed by atoms with van der Waals surface area (Å²) < 4.78 is 52.1. The molecule has 0 spiro atoms. The van der Waals surface area contributed by atoms with E-state index in [2.05, 4.69) is 23.7 Å². The van der Waals surface area contributed by atoms with Crippen molar-refractivity contribution in [1.29, 1.82) is 0 Å². The Bertz CT molecular complexity index is 1560. The minimum absolute atomic E-state index is 0.0291. The number of hydrogen-bond donors (Lipinski definition) is 2. The van der Waals surface area contributed by atoms with Crippen LogP contribution < -0.4 is 5.32 Å². The normalized spacial score (nSPS) is 22.9. The quantitative estimate of drug-likeness (QED) is 0.247. The monoisotopic (exact) mass is 665 g/mol. The Morgan fingerprint density at radius 3 is 2.40 bits per heavy atom. The van der Waals surface area contributed by atoms with Crippen molar-refractivity contribution in [3.05, 3.63) is 108 Å². The van der Waals surface area contributed by atoms with Crippen LogP contribution in [0.25, 0.3) is 11.1 Å². The Hall–Kier alpha value is -4.03. The maximum Gasteiger partial charge on any atom is 0.471 e. The Morgan fingerprint density at radius 2 is 1.73 bits per heavy atom. The summed E-state index contributed by atoms with van der Waals surface area (Å²) >= 11 is 0. The average Bonchev–Trinajstić information content (AvgIpc) is 3.58. The lowest BCUT2D eigenvalue weighted by molar-refractivity contribution is -0.275. The molecule has 2 saturated heterocycles. The number of nitrogens with one attached hydrogen (secondary N) is 1. The predicted molar refractivity (Wildman–Crippen MR) is 175 cm³/mol. The highest BCUT2D eigenvalue weighted by Crippen LogP contribution is 2.42. The molecule has 3 aromatic carbocycles. The maximum absolute atomic E-state index is 13.0. The Labute approximate surface area is 279 Å². The Balaban J connectivity index is 1.28. The van der Waals surface area contributed by atoms with Crippen LogP contribution in [-0.4, -0.2) is 71.7 Å². The van der Waals surface area contributed by atoms with Gasteiger partial charge >= 0.3 is 12.1 Å². The van der Waals surface area contributed by atoms with Crippen molar-refractivity contribution in [3.8, 4) is 11.1 Å². The molecule has 2 fully saturated rings. The van der Waals surface area contributed by atoms with E-state index in [-0.39, 0.29) is 44.2 Å². The van der Waals surface area contributed by atoms with E-state index in [4.69, 9.17) is 9.47 Å². The summed E-state index contributed by atoms with van der Waals surface area (Å²) in [5.74, 6) is -2.52. The van der Waals surface area contributed by atoms with Gasteiger partial charge in [0.05, 0.1) is 18.8 Å². The van der Waals surface area contributed by atoms with Gasteiger partial charge in [0, 0.05) is 37.7 Å². The topological polar surface area (TPSA) is 91.3 Å². The number of carbonyl (C=O) groups is 2. The number of halogens is 3. The van der Waals surface area contributed by atoms with Gasteiger partial charge in [-0.1, -0.05) is 79.7 Å². The second kappa shape index (κ2) is 15.5. The predicted octanol–water partition coefficient (Wildman–Crippen LogP) is 5.92. The summed E-state index contributed by atoms with van der Waals surface area (Å²) in [5.41, 5.74) is 5.29. The SMILES string of the molecule is C=CCN(C)C[C@H]1O[C@@H](c2ccc(-c3cccc(CNC(=O)[C@@H]4CCCN4C(=O)C(F)(F)F)c3)cc2)O[C@@H](c2ccc(CO)cc2)[C@H]1C. The zero-order valence-electron chi connectivity index (χ0n) is 27.2. The largest absolute Gasteiger partial charge is 0.471 e. The third-order valence-electron chi connectivity index (χ3n) is 9.02. The van der Waals surface area contributed by atoms with E-state index in [1.54, 1.807) is 0 Å². The number of aliphatic hydroxyl groups excluding tert-OH is 1. The molecule has 0 unspecified atom stereocenters. The van der Waals surface area contributed by atoms with Gasteiger partial charge in [-0.3, -0.25) is 9.59 Å². The van der Waals surface area contributed by atoms with Crippen LogP contribution in [0.4, 0.5) is 13.2 Å². The van der Waals surface area contributed by atoms with Gasteiger partial charge in [-0.05, 0) is 53.8 Å². The van der Waals surface area contributed by atoms with E-state index in [0.717, 1.165) is 39.9 Å². The molecule has 3 aromatic rings. The highest BCUT2D eigenvalue weighted by atomic mass is 19.4. The van der Waals surface area contributed by atoms with Crippen LogP contribution in [-0.2, 0) is 32.2 Å². The summed E-state index contributed by atoms with van der Waals surface area (Å²) in [5, 5.41) is 12.2. The Kier molecular flexibility index (Phi) is 11.4. The molecule has 256 valence electrons. The van der Waals surface area contributed by atoms with Crippen LogP contribution in [0.15, 0.2) is 85.5 Å². The number of aliphatic hydroxyl groups is 1. The van der Waals surface area contributed by atoms with Crippen molar-refractivity contribution in [1.82, 2.24) is 15.1 Å². The van der Waals surface area contributed by atoms with Crippen molar-refractivity contribution in [2.24, 2.45) is 5.92 Å². The molecule has 2 amide bonds. The van der Waals surface area contributed by atoms with Gasteiger partial charge in [0.15, 0.2) is 6.29 Å². The van der Waals surface area contributed by atoms with E-state index >= 15 is 0 Å². The molecule has 2 aliphatic heterocycles. The number of benzene rings is 3. The number of carbonyl (C=O) groups excluding carboxylic acids is 2. The fraction of sp³-hybridized carbons (Fsp3) is 0.405. The first-order valence-corrected chi connectivity index (χ1v) is 16.1. The molecule has 0 radical (unpaired) electrons. The lowest BCUT2D eigenvalue weighted by atomic mass is 9.90. The van der Waals surface area contributed by atoms with E-state index in [0.29, 0.717) is 17.9 Å². The van der Waals surface area contributed by atoms with Crippen LogP contribution in [0.5, 0.6) is 0 Å². The molecule has 8 nitrogen and oxygen atoms in total. The van der Waals surface area contributed by atoms with Crippen molar-refractivity contribution in [2.45, 2.75) is 63.6 Å². The first kappa shape index (κ1) is 35.3. The van der Waals surface area contributed by atoms with Gasteiger partial charge in [-0.2, -0.15) is 13.2 Å². The standard InChI is InChI=1S/C37H42F3N3O5/c1-4-18-42(3)22-32-24(2)33(28-12-10-25(23-44)11-13-28)48-35(47-32)29-16-14-27(15-17-29)30-8-5-7-26(20-30)21-41-34(45)31-9-6-19-43(31)36(46)37(38,39)40/h4-5,7-8,10-17,20,24,31-33,35,44H,1,6,9,18-19,21-23H2,2-3H3,(H,41,45)/t24-,31-,32+,33+,35+/m0/s1. The molecule has 0 bridgehead atoms. The van der Waals surface area contributed by atoms with Crippen LogP contribution in [0.2, 0.25) is 0 Å². The number of ether oxygens (including phenoxy) is 2. The van der Waals surface area contributed by atoms with Gasteiger partial charge in [-0.15, -0.1) is 6.58 Å². The van der Waals surface area contributed by atoms with Crippen molar-refractivity contribution in [3.63, 3.8) is 0 Å². The molecule has 2 heterocycles. The molecular weight excluding hydrogens is 623 g/mol. The highest BCUT2D eigenvalue weighted by Gasteiger charge is 2.47. The first-order valence-electron chi connectivity index (χ1n) is 16.1. The molecule has 0 saturated carbocycles. The second-order valence-corrected chi connectivity index (χ2v) is 12.5. The fourth-order valence-electron chi connectivity index (χ4n) is 6.38. The zero-order chi connectivity index (χ0) is 34.4. The molecule has 2 N–H and O–H groups in total. The van der Waals surface area contributed by atoms with E-state index in [1.807, 2.05) is 85.9 Å². The highest BCUT2D eigenvalue weighted by molar-refractivity contribution is 5.90. The van der Waals surface area contributed by atoms with E-state index in [9.17, 15) is 27.9 Å². The van der Waals surface area contributed by atoms with Crippen molar-refractivity contribution < 1.29 is 37.3 Å². The van der Waals surface area contributed by atoms with E-state index in [1.165, 1.54) is 0 Å². The number of likely N-dealkylation sites (N-methyl/N-ethyl adjacent to an activating group) is 1. The molecule has 2 aliphatic rings. The first-order chi connectivity index (χ1) is 23.0. The lowest BCUT2D eigenvalue weighted by Gasteiger charge is -2.42. The molecule has 5 rings (SSSR count). The smallest absolute Gasteiger partial charge is 0.392 e. The van der Waals surface area contributed by atoms with Gasteiger partial charge < -0.3 is 29.7 Å². The number of nitrogens with zero attached hydrogens (tertiary/aromatic N) is 2. The molecule has 0 aromatic heterocycles. The minimum Gasteiger partial charge on any atom is -0.392 e. The van der Waals surface area contributed by atoms with Crippen molar-refractivity contribution >= 4 is 11.8 Å². The average molecular weight is 666 g/mol. The van der Waals surface area contributed by atoms with Gasteiger partial charge in [0.1, 0.15) is 6.04 Å². The van der Waals surface area contributed by atoms with Crippen LogP contribution in [0.3, 0.4) is 0 Å². The molecule has 5 atom stereocenters. The summed E-state index contributed by atoms with van der Waals surface area (Å²) in [7, 11) is 2.03. The third-order valence-corrected chi connectivity index (χ3v) is 9.02. The summed E-state index contributed by atoms with van der Waals surface area (Å²) in [4.78, 5) is 27.3. The van der Waals surface area contributed by atoms with Gasteiger partial charge in [0.2, 0.25) is 5.91 Å². The minimum atomic E-state index is -5.01. The van der Waals surface area contributed by atoms with Crippen LogP contribution in [0.1, 0.15) is 54.4 Å². The number of likely N-dealkylation sites (tertiary alicyclic amines) is 1. The van der Waals surface area contributed by atoms with Crippen LogP contribution >= 0.6 is 0 Å². The number of amides is 2. The molecule has 0 aliphatic carbocycles. The van der Waals surface area contributed by atoms with Gasteiger partial charge in [0.25, 0.3) is 0 Å². The van der Waals surface area contributed by atoms with E-state index < -0.39 is 30.3 Å². The number of rotatable bonds is 11. The third kappa shape index (κ3) is 8.33.